The summed E-state index contributed by atoms with van der Waals surface area (Å²) in [4.78, 5) is 10.1. The molecule has 0 radical (unpaired) electrons. The zero-order valence-electron chi connectivity index (χ0n) is 37.5. The van der Waals surface area contributed by atoms with Gasteiger partial charge in [0.05, 0.1) is 17.3 Å². The van der Waals surface area contributed by atoms with Gasteiger partial charge in [0, 0.05) is 63.6 Å². The summed E-state index contributed by atoms with van der Waals surface area (Å²) in [6.07, 6.45) is 36.4. The minimum absolute atomic E-state index is 0.125. The molecule has 1 saturated carbocycles. The van der Waals surface area contributed by atoms with Crippen LogP contribution in [0.2, 0.25) is 0 Å². The summed E-state index contributed by atoms with van der Waals surface area (Å²) in [6, 6.07) is 53.8. The van der Waals surface area contributed by atoms with Gasteiger partial charge in [-0.3, -0.25) is 0 Å². The average Bonchev–Trinajstić information content (AvgIpc) is 3.93. The van der Waals surface area contributed by atoms with Gasteiger partial charge in [-0.2, -0.15) is 0 Å². The fraction of sp³-hybridized carbons (Fsp3) is 0.129. The number of anilines is 4. The molecule has 4 nitrogen and oxygen atoms in total. The molecular weight excluding hydrogens is 801 g/mol. The van der Waals surface area contributed by atoms with Crippen molar-refractivity contribution in [3.05, 3.63) is 294 Å². The highest BCUT2D eigenvalue weighted by Crippen LogP contribution is 2.65. The quantitative estimate of drug-likeness (QED) is 0.116. The fourth-order valence-electron chi connectivity index (χ4n) is 10.7. The summed E-state index contributed by atoms with van der Waals surface area (Å²) in [5.41, 5.74) is 17.0. The van der Waals surface area contributed by atoms with Crippen molar-refractivity contribution < 1.29 is 0 Å². The highest BCUT2D eigenvalue weighted by Gasteiger charge is 2.65. The van der Waals surface area contributed by atoms with Crippen molar-refractivity contribution in [2.24, 2.45) is 5.92 Å². The number of allylic oxidation sites excluding steroid dienone is 11. The van der Waals surface area contributed by atoms with Crippen LogP contribution in [0.4, 0.5) is 22.7 Å². The molecule has 0 saturated heterocycles. The van der Waals surface area contributed by atoms with Crippen LogP contribution >= 0.6 is 0 Å². The third-order valence-electron chi connectivity index (χ3n) is 13.8. The van der Waals surface area contributed by atoms with Gasteiger partial charge in [-0.15, -0.1) is 0 Å². The minimum atomic E-state index is -0.125. The minimum Gasteiger partial charge on any atom is -0.354 e. The van der Waals surface area contributed by atoms with E-state index in [0.717, 1.165) is 59.7 Å². The molecule has 1 heterocycles. The first-order valence-corrected chi connectivity index (χ1v) is 23.4. The van der Waals surface area contributed by atoms with Crippen molar-refractivity contribution in [2.45, 2.75) is 44.2 Å². The largest absolute Gasteiger partial charge is 0.354 e. The predicted octanol–water partition coefficient (Wildman–Crippen LogP) is 15.1. The van der Waals surface area contributed by atoms with Crippen LogP contribution in [0.3, 0.4) is 0 Å². The summed E-state index contributed by atoms with van der Waals surface area (Å²) < 4.78 is 0. The van der Waals surface area contributed by atoms with Crippen molar-refractivity contribution >= 4 is 28.8 Å². The van der Waals surface area contributed by atoms with Gasteiger partial charge >= 0.3 is 0 Å². The standard InChI is InChI=1S/C62H54N4/c1-46-20-18-33-60(46)65(53-31-16-7-17-32-53)57-39-42-59-58-41-38-55(64(51-27-12-5-13-28-51)52-29-14-6-15-30-52)40-43-61(58)66(62(59)45-49(62)44-57)56-36-34-54(35-37-56)63(50-25-10-4-11-26-50)47(2)21-19-24-48-22-8-3-9-23-48/h3-36,38,40,42-44,49,56H,1,37,39,41,45H2,2H3/b24-19-,47-21+. The molecule has 5 aromatic rings. The molecule has 3 atom stereocenters. The van der Waals surface area contributed by atoms with Gasteiger partial charge in [0.25, 0.3) is 0 Å². The molecule has 11 rings (SSSR count). The summed E-state index contributed by atoms with van der Waals surface area (Å²) in [7, 11) is 0. The monoisotopic (exact) mass is 854 g/mol. The van der Waals surface area contributed by atoms with E-state index in [-0.39, 0.29) is 11.6 Å². The topological polar surface area (TPSA) is 13.0 Å². The second-order valence-corrected chi connectivity index (χ2v) is 17.8. The maximum atomic E-state index is 4.47. The van der Waals surface area contributed by atoms with Gasteiger partial charge in [0.1, 0.15) is 0 Å². The van der Waals surface area contributed by atoms with Crippen LogP contribution in [0.25, 0.3) is 6.08 Å². The Bertz CT molecular complexity index is 2960. The Hall–Kier alpha value is -7.82. The second kappa shape index (κ2) is 17.6. The lowest BCUT2D eigenvalue weighted by molar-refractivity contribution is 0.237. The lowest BCUT2D eigenvalue weighted by Gasteiger charge is -2.38. The van der Waals surface area contributed by atoms with E-state index in [4.69, 9.17) is 0 Å². The molecule has 3 unspecified atom stereocenters. The molecule has 0 bridgehead atoms. The van der Waals surface area contributed by atoms with Crippen LogP contribution in [0, 0.1) is 5.92 Å². The predicted molar refractivity (Wildman–Crippen MR) is 276 cm³/mol. The van der Waals surface area contributed by atoms with Crippen LogP contribution in [-0.4, -0.2) is 16.5 Å². The van der Waals surface area contributed by atoms with Crippen molar-refractivity contribution in [3.63, 3.8) is 0 Å². The van der Waals surface area contributed by atoms with Gasteiger partial charge in [0.2, 0.25) is 0 Å². The summed E-state index contributed by atoms with van der Waals surface area (Å²) >= 11 is 0. The molecule has 5 aromatic carbocycles. The van der Waals surface area contributed by atoms with Crippen molar-refractivity contribution in [3.8, 4) is 0 Å². The van der Waals surface area contributed by atoms with Crippen LogP contribution in [0.1, 0.15) is 38.2 Å². The van der Waals surface area contributed by atoms with Crippen molar-refractivity contribution in [1.82, 2.24) is 4.90 Å². The first-order valence-electron chi connectivity index (χ1n) is 23.4. The number of nitrogens with zero attached hydrogens (tertiary/aromatic N) is 4. The normalized spacial score (nSPS) is 21.8. The summed E-state index contributed by atoms with van der Waals surface area (Å²) in [5.74, 6) is 0.353. The maximum Gasteiger partial charge on any atom is 0.0731 e. The van der Waals surface area contributed by atoms with Crippen molar-refractivity contribution in [1.29, 1.82) is 0 Å². The molecule has 5 aliphatic carbocycles. The van der Waals surface area contributed by atoms with Gasteiger partial charge in [-0.25, -0.2) is 0 Å². The van der Waals surface area contributed by atoms with E-state index in [9.17, 15) is 0 Å². The number of rotatable bonds is 12. The maximum absolute atomic E-state index is 4.47. The van der Waals surface area contributed by atoms with Gasteiger partial charge in [0.15, 0.2) is 0 Å². The van der Waals surface area contributed by atoms with E-state index in [1.54, 1.807) is 0 Å². The summed E-state index contributed by atoms with van der Waals surface area (Å²) in [6.45, 7) is 6.68. The molecular formula is C62H54N4. The van der Waals surface area contributed by atoms with E-state index < -0.39 is 0 Å². The fourth-order valence-corrected chi connectivity index (χ4v) is 10.7. The molecule has 6 aliphatic rings. The third-order valence-corrected chi connectivity index (χ3v) is 13.8. The zero-order chi connectivity index (χ0) is 44.5. The molecule has 4 heteroatoms. The Morgan fingerprint density at radius 1 is 0.652 bits per heavy atom. The van der Waals surface area contributed by atoms with E-state index in [1.165, 1.54) is 45.2 Å². The van der Waals surface area contributed by atoms with Gasteiger partial charge < -0.3 is 19.6 Å². The number of benzene rings is 5. The Labute approximate surface area is 390 Å². The first-order chi connectivity index (χ1) is 32.6. The highest BCUT2D eigenvalue weighted by atomic mass is 15.3. The lowest BCUT2D eigenvalue weighted by atomic mass is 9.94. The Morgan fingerprint density at radius 2 is 1.27 bits per heavy atom. The van der Waals surface area contributed by atoms with Crippen molar-refractivity contribution in [2.75, 3.05) is 14.7 Å². The third kappa shape index (κ3) is 7.58. The number of para-hydroxylation sites is 4. The van der Waals surface area contributed by atoms with Gasteiger partial charge in [-0.1, -0.05) is 164 Å². The number of hydrogen-bond acceptors (Lipinski definition) is 4. The second-order valence-electron chi connectivity index (χ2n) is 17.8. The van der Waals surface area contributed by atoms with Crippen LogP contribution in [-0.2, 0) is 0 Å². The number of fused-ring (bicyclic) bond motifs is 1. The van der Waals surface area contributed by atoms with Crippen LogP contribution in [0.15, 0.2) is 288 Å². The zero-order valence-corrected chi connectivity index (χ0v) is 37.5. The van der Waals surface area contributed by atoms with Crippen LogP contribution < -0.4 is 14.7 Å². The molecule has 0 amide bonds. The van der Waals surface area contributed by atoms with Crippen LogP contribution in [0.5, 0.6) is 0 Å². The van der Waals surface area contributed by atoms with E-state index in [2.05, 4.69) is 270 Å². The molecule has 322 valence electrons. The molecule has 1 aliphatic heterocycles. The first kappa shape index (κ1) is 40.9. The van der Waals surface area contributed by atoms with E-state index in [0.29, 0.717) is 5.92 Å². The molecule has 0 N–H and O–H groups in total. The smallest absolute Gasteiger partial charge is 0.0731 e. The molecule has 1 fully saturated rings. The Kier molecular flexibility index (Phi) is 10.9. The molecule has 0 aromatic heterocycles. The molecule has 1 spiro atoms. The number of hydrogen-bond donors (Lipinski definition) is 0. The average molecular weight is 855 g/mol. The Balaban J connectivity index is 0.973. The van der Waals surface area contributed by atoms with E-state index in [1.807, 2.05) is 0 Å². The SMILES string of the molecule is C=C1C=CC=C1N(C1=CC2CC23C(=CC1)C1=C(C=CC(N(c2ccccc2)c2ccccc2)=CC1)N3C1C=CC(N(/C(C)=C/C=C\c2ccccc2)c2ccccc2)=CC1)c1ccccc1. The highest BCUT2D eigenvalue weighted by molar-refractivity contribution is 5.73. The summed E-state index contributed by atoms with van der Waals surface area (Å²) in [5, 5.41) is 0. The lowest BCUT2D eigenvalue weighted by Crippen LogP contribution is -2.42. The molecule has 66 heavy (non-hydrogen) atoms. The van der Waals surface area contributed by atoms with Gasteiger partial charge in [-0.05, 0) is 127 Å². The van der Waals surface area contributed by atoms with E-state index >= 15 is 0 Å². The Morgan fingerprint density at radius 3 is 1.88 bits per heavy atom.